The predicted octanol–water partition coefficient (Wildman–Crippen LogP) is 1.42. The minimum Gasteiger partial charge on any atom is -0.441 e. The van der Waals surface area contributed by atoms with Crippen molar-refractivity contribution in [2.45, 2.75) is 11.6 Å². The van der Waals surface area contributed by atoms with Gasteiger partial charge in [-0.15, -0.1) is 5.10 Å². The number of esters is 1. The highest BCUT2D eigenvalue weighted by Gasteiger charge is 2.17. The number of ether oxygens (including phenoxy) is 1. The van der Waals surface area contributed by atoms with Gasteiger partial charge in [-0.3, -0.25) is 9.59 Å². The predicted molar refractivity (Wildman–Crippen MR) is 109 cm³/mol. The number of carbonyl (C=O) groups excluding carboxylic acids is 1. The third kappa shape index (κ3) is 4.04. The average molecular weight is 424 g/mol. The third-order valence-corrected chi connectivity index (χ3v) is 5.81. The van der Waals surface area contributed by atoms with Gasteiger partial charge in [-0.2, -0.15) is 9.40 Å². The smallest absolute Gasteiger partial charge is 0.322 e. The van der Waals surface area contributed by atoms with Crippen molar-refractivity contribution >= 4 is 37.7 Å². The van der Waals surface area contributed by atoms with Crippen LogP contribution in [0.1, 0.15) is 0 Å². The Kier molecular flexibility index (Phi) is 5.25. The molecule has 4 aromatic rings. The van der Waals surface area contributed by atoms with Crippen LogP contribution in [0.3, 0.4) is 0 Å². The fourth-order valence-electron chi connectivity index (χ4n) is 2.86. The van der Waals surface area contributed by atoms with Crippen LogP contribution in [0.2, 0.25) is 0 Å². The summed E-state index contributed by atoms with van der Waals surface area (Å²) in [5, 5.41) is 9.58. The van der Waals surface area contributed by atoms with E-state index in [-0.39, 0.29) is 4.90 Å². The number of nitrogens with zero attached hydrogens (tertiary/aromatic N) is 3. The van der Waals surface area contributed by atoms with Gasteiger partial charge in [0.05, 0.1) is 10.3 Å². The van der Waals surface area contributed by atoms with E-state index in [9.17, 15) is 18.0 Å². The fourth-order valence-corrected chi connectivity index (χ4v) is 3.87. The monoisotopic (exact) mass is 424 g/mol. The summed E-state index contributed by atoms with van der Waals surface area (Å²) < 4.78 is 33.0. The molecule has 30 heavy (non-hydrogen) atoms. The average Bonchev–Trinajstić information content (AvgIpc) is 2.77. The molecule has 3 aromatic carbocycles. The van der Waals surface area contributed by atoms with Gasteiger partial charge < -0.3 is 4.74 Å². The molecular weight excluding hydrogens is 408 g/mol. The van der Waals surface area contributed by atoms with Gasteiger partial charge in [-0.25, -0.2) is 8.42 Å². The van der Waals surface area contributed by atoms with E-state index < -0.39 is 34.8 Å². The zero-order valence-electron chi connectivity index (χ0n) is 15.6. The molecule has 152 valence electrons. The Labute approximate surface area is 170 Å². The van der Waals surface area contributed by atoms with Gasteiger partial charge in [-0.05, 0) is 35.0 Å². The molecule has 0 spiro atoms. The van der Waals surface area contributed by atoms with Crippen molar-refractivity contribution in [3.05, 3.63) is 77.1 Å². The molecule has 0 aliphatic rings. The van der Waals surface area contributed by atoms with Crippen molar-refractivity contribution < 1.29 is 17.9 Å². The Morgan fingerprint density at radius 2 is 1.73 bits per heavy atom. The van der Waals surface area contributed by atoms with Crippen LogP contribution >= 0.6 is 0 Å². The minimum absolute atomic E-state index is 0.0330. The van der Waals surface area contributed by atoms with E-state index in [1.165, 1.54) is 12.1 Å². The molecular formula is C20H16N4O5S. The first-order valence-electron chi connectivity index (χ1n) is 8.91. The first kappa shape index (κ1) is 19.7. The van der Waals surface area contributed by atoms with Crippen LogP contribution in [0, 0.1) is 0 Å². The van der Waals surface area contributed by atoms with Crippen LogP contribution in [0.25, 0.3) is 21.7 Å². The minimum atomic E-state index is -3.91. The van der Waals surface area contributed by atoms with Crippen molar-refractivity contribution in [1.29, 1.82) is 0 Å². The van der Waals surface area contributed by atoms with E-state index in [0.717, 1.165) is 15.5 Å². The lowest BCUT2D eigenvalue weighted by molar-refractivity contribution is -0.146. The molecule has 9 nitrogen and oxygen atoms in total. The molecule has 0 aliphatic heterocycles. The standard InChI is InChI=1S/C20H16N4O5S/c25-19(29-13-24-20(26)17-7-3-4-8-18(17)22-23-24)12-21-30(27,28)16-10-9-14-5-1-2-6-15(14)11-16/h1-11,21H,12-13H2. The van der Waals surface area contributed by atoms with E-state index in [2.05, 4.69) is 15.0 Å². The maximum atomic E-state index is 12.5. The molecule has 0 unspecified atom stereocenters. The highest BCUT2D eigenvalue weighted by atomic mass is 32.2. The van der Waals surface area contributed by atoms with E-state index in [1.54, 1.807) is 42.5 Å². The van der Waals surface area contributed by atoms with Gasteiger partial charge in [0.2, 0.25) is 10.0 Å². The van der Waals surface area contributed by atoms with Crippen LogP contribution in [0.4, 0.5) is 0 Å². The summed E-state index contributed by atoms with van der Waals surface area (Å²) in [6.07, 6.45) is 0. The zero-order valence-corrected chi connectivity index (χ0v) is 16.4. The lowest BCUT2D eigenvalue weighted by Gasteiger charge is -2.09. The van der Waals surface area contributed by atoms with Crippen molar-refractivity contribution in [3.63, 3.8) is 0 Å². The molecule has 0 fully saturated rings. The summed E-state index contributed by atoms with van der Waals surface area (Å²) in [6, 6.07) is 18.6. The van der Waals surface area contributed by atoms with Gasteiger partial charge in [0, 0.05) is 0 Å². The quantitative estimate of drug-likeness (QED) is 0.465. The van der Waals surface area contributed by atoms with Gasteiger partial charge in [0.1, 0.15) is 12.1 Å². The molecule has 0 saturated heterocycles. The SMILES string of the molecule is O=C(CNS(=O)(=O)c1ccc2ccccc2c1)OCn1nnc2ccccc2c1=O. The van der Waals surface area contributed by atoms with E-state index in [4.69, 9.17) is 4.74 Å². The summed E-state index contributed by atoms with van der Waals surface area (Å²) in [4.78, 5) is 24.3. The Balaban J connectivity index is 1.40. The van der Waals surface area contributed by atoms with Crippen molar-refractivity contribution in [2.24, 2.45) is 0 Å². The fraction of sp³-hybridized carbons (Fsp3) is 0.100. The highest BCUT2D eigenvalue weighted by molar-refractivity contribution is 7.89. The van der Waals surface area contributed by atoms with E-state index in [1.807, 2.05) is 12.1 Å². The number of benzene rings is 3. The maximum Gasteiger partial charge on any atom is 0.322 e. The van der Waals surface area contributed by atoms with Gasteiger partial charge in [0.25, 0.3) is 5.56 Å². The lowest BCUT2D eigenvalue weighted by Crippen LogP contribution is -2.32. The van der Waals surface area contributed by atoms with Crippen molar-refractivity contribution in [1.82, 2.24) is 19.7 Å². The van der Waals surface area contributed by atoms with Crippen LogP contribution in [0.15, 0.2) is 76.4 Å². The number of aromatic nitrogens is 3. The van der Waals surface area contributed by atoms with E-state index in [0.29, 0.717) is 10.9 Å². The molecule has 0 radical (unpaired) electrons. The van der Waals surface area contributed by atoms with Crippen LogP contribution < -0.4 is 10.3 Å². The topological polar surface area (TPSA) is 120 Å². The Bertz CT molecular complexity index is 1420. The van der Waals surface area contributed by atoms with Gasteiger partial charge >= 0.3 is 5.97 Å². The first-order valence-corrected chi connectivity index (χ1v) is 10.4. The second-order valence-corrected chi connectivity index (χ2v) is 8.16. The number of fused-ring (bicyclic) bond motifs is 2. The number of sulfonamides is 1. The maximum absolute atomic E-state index is 12.5. The van der Waals surface area contributed by atoms with E-state index >= 15 is 0 Å². The first-order chi connectivity index (χ1) is 14.4. The Hall–Kier alpha value is -3.63. The summed E-state index contributed by atoms with van der Waals surface area (Å²) in [7, 11) is -3.91. The summed E-state index contributed by atoms with van der Waals surface area (Å²) in [5.41, 5.74) is -0.0432. The largest absolute Gasteiger partial charge is 0.441 e. The number of nitrogens with one attached hydrogen (secondary N) is 1. The molecule has 0 bridgehead atoms. The van der Waals surface area contributed by atoms with Crippen molar-refractivity contribution in [3.8, 4) is 0 Å². The van der Waals surface area contributed by atoms with Crippen LogP contribution in [-0.2, 0) is 26.3 Å². The third-order valence-electron chi connectivity index (χ3n) is 4.41. The second-order valence-electron chi connectivity index (χ2n) is 6.39. The van der Waals surface area contributed by atoms with Gasteiger partial charge in [-0.1, -0.05) is 47.7 Å². The number of carbonyl (C=O) groups is 1. The summed E-state index contributed by atoms with van der Waals surface area (Å²) in [5.74, 6) is -0.860. The Morgan fingerprint density at radius 1 is 1.00 bits per heavy atom. The zero-order chi connectivity index (χ0) is 21.1. The Morgan fingerprint density at radius 3 is 2.57 bits per heavy atom. The molecule has 0 atom stereocenters. The molecule has 10 heteroatoms. The molecule has 4 rings (SSSR count). The molecule has 0 aliphatic carbocycles. The second kappa shape index (κ2) is 8.01. The molecule has 1 heterocycles. The molecule has 0 saturated carbocycles. The highest BCUT2D eigenvalue weighted by Crippen LogP contribution is 2.18. The molecule has 1 aromatic heterocycles. The number of hydrogen-bond donors (Lipinski definition) is 1. The normalized spacial score (nSPS) is 11.6. The summed E-state index contributed by atoms with van der Waals surface area (Å²) in [6.45, 7) is -1.07. The summed E-state index contributed by atoms with van der Waals surface area (Å²) >= 11 is 0. The lowest BCUT2D eigenvalue weighted by atomic mass is 10.1. The number of hydrogen-bond acceptors (Lipinski definition) is 7. The molecule has 0 amide bonds. The number of rotatable bonds is 6. The van der Waals surface area contributed by atoms with Gasteiger partial charge in [0.15, 0.2) is 6.73 Å². The molecule has 1 N–H and O–H groups in total. The van der Waals surface area contributed by atoms with Crippen LogP contribution in [-0.4, -0.2) is 35.9 Å². The van der Waals surface area contributed by atoms with Crippen molar-refractivity contribution in [2.75, 3.05) is 6.54 Å². The van der Waals surface area contributed by atoms with Crippen LogP contribution in [0.5, 0.6) is 0 Å².